The molecule has 0 N–H and O–H groups in total. The highest BCUT2D eigenvalue weighted by Gasteiger charge is 2.25. The van der Waals surface area contributed by atoms with Crippen LogP contribution < -0.4 is 0 Å². The van der Waals surface area contributed by atoms with Crippen LogP contribution in [0.5, 0.6) is 0 Å². The zero-order valence-electron chi connectivity index (χ0n) is 13.6. The topological polar surface area (TPSA) is 42.7 Å². The van der Waals surface area contributed by atoms with E-state index in [0.717, 1.165) is 36.0 Å². The van der Waals surface area contributed by atoms with Gasteiger partial charge < -0.3 is 9.15 Å². The van der Waals surface area contributed by atoms with Gasteiger partial charge in [0.05, 0.1) is 6.61 Å². The maximum absolute atomic E-state index is 12.3. The van der Waals surface area contributed by atoms with Gasteiger partial charge in [0.1, 0.15) is 5.58 Å². The zero-order chi connectivity index (χ0) is 16.5. The van der Waals surface area contributed by atoms with E-state index in [2.05, 4.69) is 16.3 Å². The van der Waals surface area contributed by atoms with Crippen molar-refractivity contribution >= 4 is 28.3 Å². The first-order valence-corrected chi connectivity index (χ1v) is 9.09. The number of thiophene rings is 1. The fourth-order valence-corrected chi connectivity index (χ4v) is 4.17. The second kappa shape index (κ2) is 6.42. The van der Waals surface area contributed by atoms with Gasteiger partial charge in [-0.05, 0) is 36.4 Å². The van der Waals surface area contributed by atoms with Crippen molar-refractivity contribution in [1.82, 2.24) is 4.90 Å². The summed E-state index contributed by atoms with van der Waals surface area (Å²) in [6.45, 7) is 4.76. The van der Waals surface area contributed by atoms with E-state index in [1.165, 1.54) is 10.4 Å². The molecule has 1 aliphatic heterocycles. The van der Waals surface area contributed by atoms with E-state index in [0.29, 0.717) is 18.9 Å². The summed E-state index contributed by atoms with van der Waals surface area (Å²) >= 11 is 1.83. The minimum absolute atomic E-state index is 0.342. The summed E-state index contributed by atoms with van der Waals surface area (Å²) in [6.07, 6.45) is 1.07. The van der Waals surface area contributed by atoms with E-state index in [-0.39, 0.29) is 5.97 Å². The van der Waals surface area contributed by atoms with Crippen LogP contribution in [0, 0.1) is 0 Å². The number of hydrogen-bond acceptors (Lipinski definition) is 5. The Balaban J connectivity index is 1.67. The molecule has 3 heterocycles. The number of carbonyl (C=O) groups is 1. The summed E-state index contributed by atoms with van der Waals surface area (Å²) in [7, 11) is 0. The Hall–Kier alpha value is -2.11. The number of fused-ring (bicyclic) bond motifs is 2. The van der Waals surface area contributed by atoms with Crippen molar-refractivity contribution in [1.29, 1.82) is 0 Å². The van der Waals surface area contributed by atoms with Crippen LogP contribution in [0.3, 0.4) is 0 Å². The third kappa shape index (κ3) is 2.74. The molecule has 2 aromatic heterocycles. The molecule has 24 heavy (non-hydrogen) atoms. The van der Waals surface area contributed by atoms with Crippen LogP contribution in [-0.2, 0) is 24.2 Å². The molecule has 0 bridgehead atoms. The van der Waals surface area contributed by atoms with Gasteiger partial charge in [-0.15, -0.1) is 11.3 Å². The van der Waals surface area contributed by atoms with Gasteiger partial charge in [-0.1, -0.05) is 18.2 Å². The van der Waals surface area contributed by atoms with Crippen molar-refractivity contribution < 1.29 is 13.9 Å². The quantitative estimate of drug-likeness (QED) is 0.666. The zero-order valence-corrected chi connectivity index (χ0v) is 14.4. The Labute approximate surface area is 144 Å². The molecule has 3 aromatic rings. The maximum atomic E-state index is 12.3. The third-order valence-corrected chi connectivity index (χ3v) is 5.45. The van der Waals surface area contributed by atoms with Gasteiger partial charge in [0.15, 0.2) is 0 Å². The molecule has 1 aliphatic rings. The van der Waals surface area contributed by atoms with Gasteiger partial charge in [-0.25, -0.2) is 4.79 Å². The SMILES string of the molecule is CCOC(=O)c1oc2ccccc2c1CN1CCc2sccc2C1. The Kier molecular flexibility index (Phi) is 4.12. The summed E-state index contributed by atoms with van der Waals surface area (Å²) in [6, 6.07) is 10.0. The second-order valence-electron chi connectivity index (χ2n) is 5.96. The summed E-state index contributed by atoms with van der Waals surface area (Å²) < 4.78 is 11.0. The fraction of sp³-hybridized carbons (Fsp3) is 0.316. The van der Waals surface area contributed by atoms with Crippen molar-refractivity contribution in [3.8, 4) is 0 Å². The minimum Gasteiger partial charge on any atom is -0.460 e. The number of furan rings is 1. The predicted molar refractivity (Wildman–Crippen MR) is 94.3 cm³/mol. The smallest absolute Gasteiger partial charge is 0.374 e. The number of para-hydroxylation sites is 1. The molecule has 0 radical (unpaired) electrons. The first-order valence-electron chi connectivity index (χ1n) is 8.21. The second-order valence-corrected chi connectivity index (χ2v) is 6.96. The van der Waals surface area contributed by atoms with Crippen LogP contribution in [0.15, 0.2) is 40.1 Å². The van der Waals surface area contributed by atoms with E-state index in [1.807, 2.05) is 42.5 Å². The molecular formula is C19H19NO3S. The summed E-state index contributed by atoms with van der Waals surface area (Å²) in [4.78, 5) is 16.2. The standard InChI is InChI=1S/C19H19NO3S/c1-2-22-19(21)18-15(14-5-3-4-6-16(14)23-18)12-20-9-7-17-13(11-20)8-10-24-17/h3-6,8,10H,2,7,9,11-12H2,1H3. The molecule has 0 amide bonds. The normalized spacial score (nSPS) is 14.7. The molecule has 0 fully saturated rings. The first-order chi connectivity index (χ1) is 11.8. The Morgan fingerprint density at radius 2 is 2.21 bits per heavy atom. The largest absolute Gasteiger partial charge is 0.460 e. The Morgan fingerprint density at radius 1 is 1.33 bits per heavy atom. The van der Waals surface area contributed by atoms with E-state index in [4.69, 9.17) is 9.15 Å². The number of esters is 1. The summed E-state index contributed by atoms with van der Waals surface area (Å²) in [5.41, 5.74) is 3.07. The lowest BCUT2D eigenvalue weighted by molar-refractivity contribution is 0.0489. The lowest BCUT2D eigenvalue weighted by Gasteiger charge is -2.26. The molecule has 0 unspecified atom stereocenters. The van der Waals surface area contributed by atoms with Crippen molar-refractivity contribution in [2.24, 2.45) is 0 Å². The molecule has 4 nitrogen and oxygen atoms in total. The van der Waals surface area contributed by atoms with Crippen LogP contribution in [-0.4, -0.2) is 24.0 Å². The monoisotopic (exact) mass is 341 g/mol. The molecule has 0 saturated heterocycles. The summed E-state index contributed by atoms with van der Waals surface area (Å²) in [5, 5.41) is 3.16. The molecule has 1 aromatic carbocycles. The highest BCUT2D eigenvalue weighted by Crippen LogP contribution is 2.30. The average Bonchev–Trinajstić information content (AvgIpc) is 3.20. The van der Waals surface area contributed by atoms with Crippen LogP contribution in [0.4, 0.5) is 0 Å². The van der Waals surface area contributed by atoms with Crippen molar-refractivity contribution in [3.05, 3.63) is 57.5 Å². The van der Waals surface area contributed by atoms with Crippen molar-refractivity contribution in [2.75, 3.05) is 13.2 Å². The van der Waals surface area contributed by atoms with E-state index in [9.17, 15) is 4.79 Å². The Morgan fingerprint density at radius 3 is 3.08 bits per heavy atom. The number of rotatable bonds is 4. The van der Waals surface area contributed by atoms with Crippen LogP contribution in [0.2, 0.25) is 0 Å². The number of nitrogens with zero attached hydrogens (tertiary/aromatic N) is 1. The predicted octanol–water partition coefficient (Wildman–Crippen LogP) is 4.23. The fourth-order valence-electron chi connectivity index (χ4n) is 3.28. The number of hydrogen-bond donors (Lipinski definition) is 0. The van der Waals surface area contributed by atoms with Gasteiger partial charge in [-0.3, -0.25) is 4.90 Å². The first kappa shape index (κ1) is 15.4. The van der Waals surface area contributed by atoms with Crippen molar-refractivity contribution in [2.45, 2.75) is 26.4 Å². The van der Waals surface area contributed by atoms with Crippen LogP contribution in [0.1, 0.15) is 33.5 Å². The van der Waals surface area contributed by atoms with Crippen LogP contribution in [0.25, 0.3) is 11.0 Å². The lowest BCUT2D eigenvalue weighted by Crippen LogP contribution is -2.29. The third-order valence-electron chi connectivity index (χ3n) is 4.43. The molecule has 0 atom stereocenters. The van der Waals surface area contributed by atoms with Crippen LogP contribution >= 0.6 is 11.3 Å². The van der Waals surface area contributed by atoms with E-state index >= 15 is 0 Å². The van der Waals surface area contributed by atoms with Gasteiger partial charge in [0, 0.05) is 35.5 Å². The molecule has 5 heteroatoms. The maximum Gasteiger partial charge on any atom is 0.374 e. The van der Waals surface area contributed by atoms with Gasteiger partial charge in [0.2, 0.25) is 5.76 Å². The Bertz CT molecular complexity index is 880. The number of ether oxygens (including phenoxy) is 1. The highest BCUT2D eigenvalue weighted by atomic mass is 32.1. The average molecular weight is 341 g/mol. The number of benzene rings is 1. The molecule has 0 saturated carbocycles. The lowest BCUT2D eigenvalue weighted by atomic mass is 10.1. The number of carbonyl (C=O) groups excluding carboxylic acids is 1. The van der Waals surface area contributed by atoms with Gasteiger partial charge >= 0.3 is 5.97 Å². The molecule has 0 aliphatic carbocycles. The van der Waals surface area contributed by atoms with Crippen molar-refractivity contribution in [3.63, 3.8) is 0 Å². The van der Waals surface area contributed by atoms with E-state index in [1.54, 1.807) is 0 Å². The molecular weight excluding hydrogens is 322 g/mol. The van der Waals surface area contributed by atoms with Gasteiger partial charge in [0.25, 0.3) is 0 Å². The minimum atomic E-state index is -0.378. The molecule has 4 rings (SSSR count). The molecule has 124 valence electrons. The highest BCUT2D eigenvalue weighted by molar-refractivity contribution is 7.10. The van der Waals surface area contributed by atoms with E-state index < -0.39 is 0 Å². The van der Waals surface area contributed by atoms with Gasteiger partial charge in [-0.2, -0.15) is 0 Å². The molecule has 0 spiro atoms. The summed E-state index contributed by atoms with van der Waals surface area (Å²) in [5.74, 6) is -0.0360.